The van der Waals surface area contributed by atoms with E-state index in [-0.39, 0.29) is 12.2 Å². The maximum absolute atomic E-state index is 12.3. The van der Waals surface area contributed by atoms with Gasteiger partial charge in [-0.05, 0) is 18.6 Å². The summed E-state index contributed by atoms with van der Waals surface area (Å²) < 4.78 is 33.4. The minimum absolute atomic E-state index is 0.00516. The highest BCUT2D eigenvalue weighted by Crippen LogP contribution is 2.32. The Labute approximate surface area is 140 Å². The van der Waals surface area contributed by atoms with E-state index < -0.39 is 27.7 Å². The summed E-state index contributed by atoms with van der Waals surface area (Å²) in [6.45, 7) is 2.16. The number of hydrogen-bond donors (Lipinski definition) is 2. The number of sulfone groups is 1. The summed E-state index contributed by atoms with van der Waals surface area (Å²) in [6, 6.07) is 4.00. The molecular weight excluding hydrogens is 336 g/mol. The van der Waals surface area contributed by atoms with E-state index in [4.69, 9.17) is 9.47 Å². The van der Waals surface area contributed by atoms with Crippen molar-refractivity contribution >= 4 is 27.3 Å². The van der Waals surface area contributed by atoms with Crippen LogP contribution in [0.3, 0.4) is 0 Å². The Hall–Kier alpha value is -2.29. The van der Waals surface area contributed by atoms with Crippen LogP contribution in [0.4, 0.5) is 5.69 Å². The molecule has 0 saturated heterocycles. The number of hydrogen-bond acceptors (Lipinski definition) is 6. The highest BCUT2D eigenvalue weighted by molar-refractivity contribution is 7.90. The molecule has 2 rings (SSSR count). The summed E-state index contributed by atoms with van der Waals surface area (Å²) in [4.78, 5) is 23.6. The molecule has 1 aromatic rings. The van der Waals surface area contributed by atoms with Crippen LogP contribution in [0, 0.1) is 0 Å². The van der Waals surface area contributed by atoms with Gasteiger partial charge in [0.15, 0.2) is 11.5 Å². The third kappa shape index (κ3) is 5.41. The number of carbonyl (C=O) groups is 2. The number of benzene rings is 1. The molecule has 1 aliphatic rings. The highest BCUT2D eigenvalue weighted by Gasteiger charge is 2.22. The van der Waals surface area contributed by atoms with Gasteiger partial charge in [-0.2, -0.15) is 0 Å². The van der Waals surface area contributed by atoms with Crippen molar-refractivity contribution in [2.24, 2.45) is 0 Å². The van der Waals surface area contributed by atoms with Crippen LogP contribution >= 0.6 is 0 Å². The summed E-state index contributed by atoms with van der Waals surface area (Å²) in [6.07, 6.45) is 1.07. The molecule has 0 radical (unpaired) electrons. The molecule has 0 aromatic heterocycles. The van der Waals surface area contributed by atoms with Crippen LogP contribution in [-0.2, 0) is 19.4 Å². The van der Waals surface area contributed by atoms with Crippen LogP contribution in [-0.4, -0.2) is 51.5 Å². The van der Waals surface area contributed by atoms with Gasteiger partial charge < -0.3 is 20.1 Å². The van der Waals surface area contributed by atoms with Crippen molar-refractivity contribution in [3.05, 3.63) is 18.2 Å². The van der Waals surface area contributed by atoms with Crippen LogP contribution in [0.25, 0.3) is 0 Å². The second kappa shape index (κ2) is 7.52. The number of nitrogens with one attached hydrogen (secondary N) is 2. The predicted molar refractivity (Wildman–Crippen MR) is 88.0 cm³/mol. The molecule has 2 amide bonds. The van der Waals surface area contributed by atoms with Crippen molar-refractivity contribution in [3.63, 3.8) is 0 Å². The Morgan fingerprint density at radius 1 is 1.21 bits per heavy atom. The van der Waals surface area contributed by atoms with Gasteiger partial charge in [0.2, 0.25) is 11.8 Å². The van der Waals surface area contributed by atoms with Crippen molar-refractivity contribution in [1.82, 2.24) is 5.32 Å². The Bertz CT molecular complexity index is 731. The van der Waals surface area contributed by atoms with Crippen molar-refractivity contribution in [1.29, 1.82) is 0 Å². The summed E-state index contributed by atoms with van der Waals surface area (Å²) in [5.74, 6) is 0.00400. The standard InChI is InChI=1S/C15H20N2O6S/c1-10(18)16-12(5-8-24(2,20)21)15(19)17-11-3-4-13-14(9-11)23-7-6-22-13/h3-4,9,12H,5-8H2,1-2H3,(H,16,18)(H,17,19). The van der Waals surface area contributed by atoms with Crippen molar-refractivity contribution < 1.29 is 27.5 Å². The molecule has 0 aliphatic carbocycles. The smallest absolute Gasteiger partial charge is 0.246 e. The Balaban J connectivity index is 2.07. The summed E-state index contributed by atoms with van der Waals surface area (Å²) >= 11 is 0. The molecule has 1 atom stereocenters. The molecule has 24 heavy (non-hydrogen) atoms. The first-order chi connectivity index (χ1) is 11.2. The van der Waals surface area contributed by atoms with E-state index in [2.05, 4.69) is 10.6 Å². The summed E-state index contributed by atoms with van der Waals surface area (Å²) in [5.41, 5.74) is 0.471. The topological polar surface area (TPSA) is 111 Å². The molecule has 0 bridgehead atoms. The zero-order chi connectivity index (χ0) is 17.7. The lowest BCUT2D eigenvalue weighted by Gasteiger charge is -2.20. The maximum atomic E-state index is 12.3. The van der Waals surface area contributed by atoms with E-state index in [1.54, 1.807) is 18.2 Å². The number of amides is 2. The largest absolute Gasteiger partial charge is 0.486 e. The number of rotatable bonds is 6. The summed E-state index contributed by atoms with van der Waals surface area (Å²) in [5, 5.41) is 5.11. The third-order valence-electron chi connectivity index (χ3n) is 3.28. The van der Waals surface area contributed by atoms with E-state index in [1.165, 1.54) is 6.92 Å². The first kappa shape index (κ1) is 18.1. The molecule has 0 saturated carbocycles. The Morgan fingerprint density at radius 3 is 2.50 bits per heavy atom. The van der Waals surface area contributed by atoms with Gasteiger partial charge in [0.1, 0.15) is 29.1 Å². The van der Waals surface area contributed by atoms with Crippen molar-refractivity contribution in [2.75, 3.05) is 30.5 Å². The average molecular weight is 356 g/mol. The van der Waals surface area contributed by atoms with Crippen LogP contribution in [0.15, 0.2) is 18.2 Å². The molecule has 0 spiro atoms. The molecule has 1 aromatic carbocycles. The fourth-order valence-electron chi connectivity index (χ4n) is 2.20. The molecule has 1 heterocycles. The fraction of sp³-hybridized carbons (Fsp3) is 0.467. The van der Waals surface area contributed by atoms with Crippen LogP contribution in [0.2, 0.25) is 0 Å². The van der Waals surface area contributed by atoms with Gasteiger partial charge in [0.05, 0.1) is 5.75 Å². The molecule has 1 aliphatic heterocycles. The lowest BCUT2D eigenvalue weighted by atomic mass is 10.2. The molecule has 0 fully saturated rings. The van der Waals surface area contributed by atoms with E-state index in [1.807, 2.05) is 0 Å². The van der Waals surface area contributed by atoms with Gasteiger partial charge in [0, 0.05) is 24.9 Å². The van der Waals surface area contributed by atoms with Gasteiger partial charge in [-0.15, -0.1) is 0 Å². The number of anilines is 1. The molecule has 1 unspecified atom stereocenters. The number of ether oxygens (including phenoxy) is 2. The minimum atomic E-state index is -3.24. The Kier molecular flexibility index (Phi) is 5.66. The highest BCUT2D eigenvalue weighted by atomic mass is 32.2. The zero-order valence-electron chi connectivity index (χ0n) is 13.5. The Morgan fingerprint density at radius 2 is 1.88 bits per heavy atom. The van der Waals surface area contributed by atoms with E-state index in [0.717, 1.165) is 6.26 Å². The first-order valence-electron chi connectivity index (χ1n) is 7.40. The van der Waals surface area contributed by atoms with Crippen molar-refractivity contribution in [3.8, 4) is 11.5 Å². The van der Waals surface area contributed by atoms with Crippen LogP contribution in [0.1, 0.15) is 13.3 Å². The quantitative estimate of drug-likeness (QED) is 0.760. The second-order valence-electron chi connectivity index (χ2n) is 5.52. The molecule has 132 valence electrons. The predicted octanol–water partition coefficient (Wildman–Crippen LogP) is 0.336. The first-order valence-corrected chi connectivity index (χ1v) is 9.46. The maximum Gasteiger partial charge on any atom is 0.246 e. The van der Waals surface area contributed by atoms with Crippen molar-refractivity contribution in [2.45, 2.75) is 19.4 Å². The van der Waals surface area contributed by atoms with Crippen LogP contribution in [0.5, 0.6) is 11.5 Å². The van der Waals surface area contributed by atoms with Gasteiger partial charge in [-0.25, -0.2) is 8.42 Å². The number of fused-ring (bicyclic) bond motifs is 1. The van der Waals surface area contributed by atoms with Crippen LogP contribution < -0.4 is 20.1 Å². The summed E-state index contributed by atoms with van der Waals surface area (Å²) in [7, 11) is -3.24. The van der Waals surface area contributed by atoms with Gasteiger partial charge in [-0.3, -0.25) is 9.59 Å². The normalized spacial score (nSPS) is 14.6. The average Bonchev–Trinajstić information content (AvgIpc) is 2.50. The monoisotopic (exact) mass is 356 g/mol. The van der Waals surface area contributed by atoms with E-state index in [0.29, 0.717) is 30.4 Å². The second-order valence-corrected chi connectivity index (χ2v) is 7.78. The molecule has 8 nitrogen and oxygen atoms in total. The minimum Gasteiger partial charge on any atom is -0.486 e. The van der Waals surface area contributed by atoms with Gasteiger partial charge in [0.25, 0.3) is 0 Å². The lowest BCUT2D eigenvalue weighted by Crippen LogP contribution is -2.43. The van der Waals surface area contributed by atoms with E-state index >= 15 is 0 Å². The SMILES string of the molecule is CC(=O)NC(CCS(C)(=O)=O)C(=O)Nc1ccc2c(c1)OCCO2. The number of carbonyl (C=O) groups excluding carboxylic acids is 2. The third-order valence-corrected chi connectivity index (χ3v) is 4.26. The molecular formula is C15H20N2O6S. The lowest BCUT2D eigenvalue weighted by molar-refractivity contribution is -0.125. The molecule has 2 N–H and O–H groups in total. The molecule has 9 heteroatoms. The van der Waals surface area contributed by atoms with Gasteiger partial charge in [-0.1, -0.05) is 0 Å². The van der Waals surface area contributed by atoms with Gasteiger partial charge >= 0.3 is 0 Å². The zero-order valence-corrected chi connectivity index (χ0v) is 14.3. The fourth-order valence-corrected chi connectivity index (χ4v) is 2.86. The van der Waals surface area contributed by atoms with E-state index in [9.17, 15) is 18.0 Å².